The van der Waals surface area contributed by atoms with Gasteiger partial charge in [0, 0.05) is 13.2 Å². The predicted octanol–water partition coefficient (Wildman–Crippen LogP) is 3.97. The van der Waals surface area contributed by atoms with Gasteiger partial charge in [-0.15, -0.1) is 37.2 Å². The summed E-state index contributed by atoms with van der Waals surface area (Å²) in [5.74, 6) is 1.08. The van der Waals surface area contributed by atoms with Crippen molar-refractivity contribution in [3.8, 4) is 0 Å². The van der Waals surface area contributed by atoms with Crippen LogP contribution in [0.25, 0.3) is 0 Å². The molecule has 7 heteroatoms. The van der Waals surface area contributed by atoms with Crippen molar-refractivity contribution >= 4 is 37.2 Å². The maximum atomic E-state index is 8.53. The molecule has 0 unspecified atom stereocenters. The van der Waals surface area contributed by atoms with Crippen molar-refractivity contribution < 1.29 is 31.3 Å². The van der Waals surface area contributed by atoms with Gasteiger partial charge in [0.2, 0.25) is 0 Å². The number of hydrogen-bond donors (Lipinski definition) is 2. The SMILES string of the molecule is CCC(CC)CO.CCC(CC)CO.Cl.Cl.Cl.[O]=[V]. The molecule has 0 aliphatic rings. The molecular formula is C12H31Cl3O3V. The number of halogens is 3. The Balaban J connectivity index is -0.0000000344. The molecule has 0 heterocycles. The fourth-order valence-electron chi connectivity index (χ4n) is 1.09. The quantitative estimate of drug-likeness (QED) is 0.733. The van der Waals surface area contributed by atoms with Crippen molar-refractivity contribution in [3.05, 3.63) is 0 Å². The summed E-state index contributed by atoms with van der Waals surface area (Å²) >= 11 is 1.06. The summed E-state index contributed by atoms with van der Waals surface area (Å²) in [7, 11) is 0. The summed E-state index contributed by atoms with van der Waals surface area (Å²) < 4.78 is 8.19. The normalized spacial score (nSPS) is 7.74. The topological polar surface area (TPSA) is 57.5 Å². The van der Waals surface area contributed by atoms with Crippen LogP contribution in [0.5, 0.6) is 0 Å². The average molecular weight is 381 g/mol. The van der Waals surface area contributed by atoms with E-state index in [1.807, 2.05) is 0 Å². The van der Waals surface area contributed by atoms with Gasteiger partial charge in [-0.3, -0.25) is 0 Å². The third-order valence-electron chi connectivity index (χ3n) is 2.83. The Labute approximate surface area is 146 Å². The van der Waals surface area contributed by atoms with E-state index < -0.39 is 0 Å². The molecule has 0 radical (unpaired) electrons. The monoisotopic (exact) mass is 379 g/mol. The second-order valence-corrected chi connectivity index (χ2v) is 3.73. The molecule has 0 amide bonds. The van der Waals surface area contributed by atoms with E-state index >= 15 is 0 Å². The van der Waals surface area contributed by atoms with Crippen LogP contribution in [-0.4, -0.2) is 23.4 Å². The zero-order valence-electron chi connectivity index (χ0n) is 12.4. The average Bonchev–Trinajstić information content (AvgIpc) is 2.37. The molecular weight excluding hydrogens is 349 g/mol. The molecule has 0 aromatic carbocycles. The number of hydrogen-bond acceptors (Lipinski definition) is 3. The Morgan fingerprint density at radius 1 is 0.684 bits per heavy atom. The molecule has 123 valence electrons. The van der Waals surface area contributed by atoms with E-state index in [2.05, 4.69) is 27.7 Å². The van der Waals surface area contributed by atoms with Gasteiger partial charge in [0.15, 0.2) is 0 Å². The van der Waals surface area contributed by atoms with Crippen LogP contribution in [0.15, 0.2) is 0 Å². The van der Waals surface area contributed by atoms with Gasteiger partial charge < -0.3 is 10.2 Å². The van der Waals surface area contributed by atoms with Crippen LogP contribution in [0.3, 0.4) is 0 Å². The molecule has 0 fully saturated rings. The van der Waals surface area contributed by atoms with Gasteiger partial charge in [-0.1, -0.05) is 53.4 Å². The number of aliphatic hydroxyl groups excluding tert-OH is 2. The van der Waals surface area contributed by atoms with Gasteiger partial charge in [0.25, 0.3) is 0 Å². The van der Waals surface area contributed by atoms with Gasteiger partial charge in [-0.2, -0.15) is 0 Å². The Morgan fingerprint density at radius 2 is 0.842 bits per heavy atom. The van der Waals surface area contributed by atoms with Gasteiger partial charge in [0.05, 0.1) is 0 Å². The summed E-state index contributed by atoms with van der Waals surface area (Å²) in [6.45, 7) is 9.11. The van der Waals surface area contributed by atoms with E-state index in [-0.39, 0.29) is 37.2 Å². The van der Waals surface area contributed by atoms with Crippen LogP contribution in [-0.2, 0) is 21.0 Å². The van der Waals surface area contributed by atoms with Crippen LogP contribution in [0, 0.1) is 11.8 Å². The molecule has 0 aromatic heterocycles. The van der Waals surface area contributed by atoms with Crippen molar-refractivity contribution in [2.45, 2.75) is 53.4 Å². The third-order valence-corrected chi connectivity index (χ3v) is 2.83. The molecule has 3 nitrogen and oxygen atoms in total. The number of rotatable bonds is 6. The first kappa shape index (κ1) is 36.9. The van der Waals surface area contributed by atoms with E-state index in [0.29, 0.717) is 25.0 Å². The van der Waals surface area contributed by atoms with E-state index in [4.69, 9.17) is 13.9 Å². The summed E-state index contributed by atoms with van der Waals surface area (Å²) in [4.78, 5) is 0. The molecule has 0 saturated carbocycles. The predicted molar refractivity (Wildman–Crippen MR) is 84.7 cm³/mol. The molecule has 19 heavy (non-hydrogen) atoms. The fraction of sp³-hybridized carbons (Fsp3) is 1.00. The fourth-order valence-corrected chi connectivity index (χ4v) is 1.09. The summed E-state index contributed by atoms with van der Waals surface area (Å²) in [5, 5.41) is 17.1. The van der Waals surface area contributed by atoms with Crippen LogP contribution in [0.1, 0.15) is 53.4 Å². The van der Waals surface area contributed by atoms with Crippen LogP contribution in [0.2, 0.25) is 0 Å². The second-order valence-electron chi connectivity index (χ2n) is 3.73. The molecule has 0 atom stereocenters. The second kappa shape index (κ2) is 36.5. The maximum absolute atomic E-state index is 8.53. The van der Waals surface area contributed by atoms with Crippen LogP contribution >= 0.6 is 37.2 Å². The van der Waals surface area contributed by atoms with E-state index in [1.54, 1.807) is 0 Å². The van der Waals surface area contributed by atoms with Gasteiger partial charge >= 0.3 is 21.0 Å². The molecule has 2 N–H and O–H groups in total. The van der Waals surface area contributed by atoms with Crippen LogP contribution < -0.4 is 0 Å². The van der Waals surface area contributed by atoms with Gasteiger partial charge in [-0.25, -0.2) is 0 Å². The zero-order valence-corrected chi connectivity index (χ0v) is 16.2. The summed E-state index contributed by atoms with van der Waals surface area (Å²) in [5.41, 5.74) is 0. The van der Waals surface area contributed by atoms with Gasteiger partial charge in [0.1, 0.15) is 0 Å². The zero-order chi connectivity index (χ0) is 13.4. The Morgan fingerprint density at radius 3 is 0.842 bits per heavy atom. The Hall–Kier alpha value is 1.17. The molecule has 0 aromatic rings. The minimum absolute atomic E-state index is 0. The summed E-state index contributed by atoms with van der Waals surface area (Å²) in [6, 6.07) is 0. The van der Waals surface area contributed by atoms with Crippen LogP contribution in [0.4, 0.5) is 0 Å². The molecule has 0 saturated heterocycles. The van der Waals surface area contributed by atoms with E-state index in [1.165, 1.54) is 0 Å². The first-order valence-electron chi connectivity index (χ1n) is 6.09. The number of aliphatic hydroxyl groups is 2. The minimum atomic E-state index is 0. The Kier molecular flexibility index (Phi) is 70.9. The van der Waals surface area contributed by atoms with Crippen molar-refractivity contribution in [2.75, 3.05) is 13.2 Å². The van der Waals surface area contributed by atoms with Gasteiger partial charge in [-0.05, 0) is 11.8 Å². The van der Waals surface area contributed by atoms with Crippen molar-refractivity contribution in [1.29, 1.82) is 0 Å². The van der Waals surface area contributed by atoms with Crippen molar-refractivity contribution in [2.24, 2.45) is 11.8 Å². The molecule has 0 aliphatic carbocycles. The molecule has 0 spiro atoms. The Bertz CT molecular complexity index is 93.4. The first-order valence-corrected chi connectivity index (χ1v) is 6.66. The molecule has 0 bridgehead atoms. The first-order chi connectivity index (χ1) is 7.69. The molecule has 0 aliphatic heterocycles. The summed E-state index contributed by atoms with van der Waals surface area (Å²) in [6.07, 6.45) is 4.42. The van der Waals surface area contributed by atoms with E-state index in [0.717, 1.165) is 43.1 Å². The van der Waals surface area contributed by atoms with Crippen molar-refractivity contribution in [3.63, 3.8) is 0 Å². The van der Waals surface area contributed by atoms with E-state index in [9.17, 15) is 0 Å². The van der Waals surface area contributed by atoms with Crippen molar-refractivity contribution in [1.82, 2.24) is 0 Å². The third kappa shape index (κ3) is 32.6. The molecule has 0 rings (SSSR count). The standard InChI is InChI=1S/2C6H14O.3ClH.O.V/c2*1-3-6(4-2)5-7;;;;;/h2*6-7H,3-5H2,1-2H3;3*1H;;.